The molecule has 5 heteroatoms. The normalized spacial score (nSPS) is 12.9. The molecule has 1 rings (SSSR count). The molecule has 1 unspecified atom stereocenters. The van der Waals surface area contributed by atoms with Crippen LogP contribution in [0, 0.1) is 5.82 Å². The van der Waals surface area contributed by atoms with Gasteiger partial charge in [0.2, 0.25) is 0 Å². The van der Waals surface area contributed by atoms with Crippen molar-refractivity contribution in [1.29, 1.82) is 0 Å². The number of aromatic hydroxyl groups is 2. The molecule has 1 aromatic rings. The predicted molar refractivity (Wildman–Crippen MR) is 54.9 cm³/mol. The summed E-state index contributed by atoms with van der Waals surface area (Å²) in [6.07, 6.45) is 0. The summed E-state index contributed by atoms with van der Waals surface area (Å²) in [5.41, 5.74) is 5.85. The maximum atomic E-state index is 12.9. The molecule has 4 N–H and O–H groups in total. The van der Waals surface area contributed by atoms with Crippen molar-refractivity contribution in [2.75, 3.05) is 6.54 Å². The summed E-state index contributed by atoms with van der Waals surface area (Å²) in [7, 11) is 0. The number of phenolic OH excluding ortho intramolecular Hbond substituents is 2. The van der Waals surface area contributed by atoms with E-state index in [4.69, 9.17) is 10.8 Å². The van der Waals surface area contributed by atoms with Gasteiger partial charge in [-0.1, -0.05) is 22.9 Å². The first-order valence-corrected chi connectivity index (χ1v) is 4.88. The van der Waals surface area contributed by atoms with Crippen LogP contribution in [0.3, 0.4) is 0 Å². The quantitative estimate of drug-likeness (QED) is 0.716. The monoisotopic (exact) mass is 263 g/mol. The molecular formula is C9H11BrFNO2. The Morgan fingerprint density at radius 1 is 1.50 bits per heavy atom. The number of nitrogens with two attached hydrogens (primary N) is 1. The molecule has 0 spiro atoms. The number of phenols is 2. The van der Waals surface area contributed by atoms with Gasteiger partial charge in [0, 0.05) is 10.0 Å². The summed E-state index contributed by atoms with van der Waals surface area (Å²) in [6.45, 7) is 2.08. The lowest BCUT2D eigenvalue weighted by atomic mass is 10.00. The summed E-state index contributed by atoms with van der Waals surface area (Å²) in [5.74, 6) is -2.20. The summed E-state index contributed by atoms with van der Waals surface area (Å²) in [4.78, 5) is 0. The third-order valence-electron chi connectivity index (χ3n) is 2.06. The number of hydrogen-bond acceptors (Lipinski definition) is 3. The van der Waals surface area contributed by atoms with Gasteiger partial charge in [0.25, 0.3) is 0 Å². The highest BCUT2D eigenvalue weighted by Gasteiger charge is 2.19. The average Bonchev–Trinajstić information content (AvgIpc) is 2.14. The van der Waals surface area contributed by atoms with Gasteiger partial charge in [-0.2, -0.15) is 0 Å². The molecule has 0 amide bonds. The Labute approximate surface area is 89.5 Å². The molecule has 0 heterocycles. The first-order chi connectivity index (χ1) is 6.49. The Kier molecular flexibility index (Phi) is 3.34. The third kappa shape index (κ3) is 1.83. The second-order valence-electron chi connectivity index (χ2n) is 3.09. The lowest BCUT2D eigenvalue weighted by Crippen LogP contribution is -2.10. The first kappa shape index (κ1) is 11.3. The summed E-state index contributed by atoms with van der Waals surface area (Å²) in [6, 6.07) is 1.11. The molecule has 0 saturated carbocycles. The van der Waals surface area contributed by atoms with Crippen LogP contribution in [0.15, 0.2) is 10.5 Å². The Morgan fingerprint density at radius 3 is 2.57 bits per heavy atom. The topological polar surface area (TPSA) is 66.5 Å². The van der Waals surface area contributed by atoms with Crippen LogP contribution in [0.1, 0.15) is 18.4 Å². The molecule has 3 nitrogen and oxygen atoms in total. The van der Waals surface area contributed by atoms with Gasteiger partial charge in [-0.05, 0) is 18.5 Å². The SMILES string of the molecule is CC(CN)c1c(Br)cc(F)c(O)c1O. The van der Waals surface area contributed by atoms with Crippen molar-refractivity contribution in [3.05, 3.63) is 21.9 Å². The number of benzene rings is 1. The van der Waals surface area contributed by atoms with E-state index in [-0.39, 0.29) is 5.92 Å². The van der Waals surface area contributed by atoms with Crippen molar-refractivity contribution in [2.45, 2.75) is 12.8 Å². The fraction of sp³-hybridized carbons (Fsp3) is 0.333. The molecule has 1 atom stereocenters. The van der Waals surface area contributed by atoms with E-state index in [9.17, 15) is 9.50 Å². The zero-order valence-electron chi connectivity index (χ0n) is 7.59. The zero-order chi connectivity index (χ0) is 10.9. The molecule has 1 aromatic carbocycles. The van der Waals surface area contributed by atoms with Crippen LogP contribution in [0.2, 0.25) is 0 Å². The van der Waals surface area contributed by atoms with Crippen LogP contribution in [-0.2, 0) is 0 Å². The highest BCUT2D eigenvalue weighted by atomic mass is 79.9. The molecule has 0 aliphatic rings. The van der Waals surface area contributed by atoms with E-state index in [0.29, 0.717) is 16.6 Å². The minimum atomic E-state index is -0.859. The van der Waals surface area contributed by atoms with Crippen LogP contribution in [0.5, 0.6) is 11.5 Å². The number of hydrogen-bond donors (Lipinski definition) is 3. The molecule has 0 fully saturated rings. The summed E-state index contributed by atoms with van der Waals surface area (Å²) in [5, 5.41) is 18.7. The van der Waals surface area contributed by atoms with Crippen molar-refractivity contribution in [3.63, 3.8) is 0 Å². The minimum absolute atomic E-state index is 0.157. The zero-order valence-corrected chi connectivity index (χ0v) is 9.18. The standard InChI is InChI=1S/C9H11BrFNO2/c1-4(3-12)7-5(10)2-6(11)8(13)9(7)14/h2,4,13-14H,3,12H2,1H3. The van der Waals surface area contributed by atoms with Gasteiger partial charge in [0.1, 0.15) is 0 Å². The van der Waals surface area contributed by atoms with Gasteiger partial charge in [0.05, 0.1) is 0 Å². The van der Waals surface area contributed by atoms with E-state index in [2.05, 4.69) is 15.9 Å². The van der Waals surface area contributed by atoms with Crippen molar-refractivity contribution in [2.24, 2.45) is 5.73 Å². The Bertz CT molecular complexity index is 357. The molecule has 0 bridgehead atoms. The Hall–Kier alpha value is -0.810. The predicted octanol–water partition coefficient (Wildman–Crippen LogP) is 2.06. The van der Waals surface area contributed by atoms with Gasteiger partial charge < -0.3 is 15.9 Å². The number of rotatable bonds is 2. The van der Waals surface area contributed by atoms with Crippen LogP contribution >= 0.6 is 15.9 Å². The second-order valence-corrected chi connectivity index (χ2v) is 3.94. The highest BCUT2D eigenvalue weighted by molar-refractivity contribution is 9.10. The van der Waals surface area contributed by atoms with Crippen LogP contribution in [-0.4, -0.2) is 16.8 Å². The smallest absolute Gasteiger partial charge is 0.194 e. The molecule has 0 saturated heterocycles. The molecular weight excluding hydrogens is 253 g/mol. The van der Waals surface area contributed by atoms with Gasteiger partial charge in [0.15, 0.2) is 17.3 Å². The van der Waals surface area contributed by atoms with Gasteiger partial charge >= 0.3 is 0 Å². The largest absolute Gasteiger partial charge is 0.504 e. The Balaban J connectivity index is 3.36. The molecule has 78 valence electrons. The first-order valence-electron chi connectivity index (χ1n) is 4.09. The molecule has 0 aromatic heterocycles. The van der Waals surface area contributed by atoms with Gasteiger partial charge in [-0.15, -0.1) is 0 Å². The minimum Gasteiger partial charge on any atom is -0.504 e. The lowest BCUT2D eigenvalue weighted by Gasteiger charge is -2.14. The maximum absolute atomic E-state index is 12.9. The van der Waals surface area contributed by atoms with Crippen molar-refractivity contribution >= 4 is 15.9 Å². The van der Waals surface area contributed by atoms with Crippen molar-refractivity contribution in [3.8, 4) is 11.5 Å². The molecule has 0 aliphatic heterocycles. The average molecular weight is 264 g/mol. The van der Waals surface area contributed by atoms with Crippen LogP contribution < -0.4 is 5.73 Å². The summed E-state index contributed by atoms with van der Waals surface area (Å²) >= 11 is 3.11. The fourth-order valence-corrected chi connectivity index (χ4v) is 1.98. The van der Waals surface area contributed by atoms with E-state index in [1.165, 1.54) is 0 Å². The third-order valence-corrected chi connectivity index (χ3v) is 2.72. The molecule has 0 radical (unpaired) electrons. The highest BCUT2D eigenvalue weighted by Crippen LogP contribution is 2.40. The van der Waals surface area contributed by atoms with E-state index >= 15 is 0 Å². The van der Waals surface area contributed by atoms with Crippen LogP contribution in [0.4, 0.5) is 4.39 Å². The Morgan fingerprint density at radius 2 is 2.07 bits per heavy atom. The molecule has 14 heavy (non-hydrogen) atoms. The lowest BCUT2D eigenvalue weighted by molar-refractivity contribution is 0.372. The molecule has 0 aliphatic carbocycles. The van der Waals surface area contributed by atoms with E-state index in [0.717, 1.165) is 6.07 Å². The van der Waals surface area contributed by atoms with Crippen molar-refractivity contribution in [1.82, 2.24) is 0 Å². The van der Waals surface area contributed by atoms with Crippen LogP contribution in [0.25, 0.3) is 0 Å². The van der Waals surface area contributed by atoms with Gasteiger partial charge in [-0.3, -0.25) is 0 Å². The fourth-order valence-electron chi connectivity index (χ4n) is 1.20. The van der Waals surface area contributed by atoms with E-state index in [1.807, 2.05) is 0 Å². The summed E-state index contributed by atoms with van der Waals surface area (Å²) < 4.78 is 13.3. The number of halogens is 2. The van der Waals surface area contributed by atoms with Gasteiger partial charge in [-0.25, -0.2) is 4.39 Å². The van der Waals surface area contributed by atoms with E-state index < -0.39 is 17.3 Å². The second kappa shape index (κ2) is 4.14. The maximum Gasteiger partial charge on any atom is 0.194 e. The van der Waals surface area contributed by atoms with Crippen molar-refractivity contribution < 1.29 is 14.6 Å². The van der Waals surface area contributed by atoms with E-state index in [1.54, 1.807) is 6.92 Å².